The number of carbonyl (C=O) groups is 3. The lowest BCUT2D eigenvalue weighted by Crippen LogP contribution is -2.45. The summed E-state index contributed by atoms with van der Waals surface area (Å²) >= 11 is 0. The molecule has 0 saturated carbocycles. The van der Waals surface area contributed by atoms with Crippen LogP contribution in [0.3, 0.4) is 0 Å². The van der Waals surface area contributed by atoms with Crippen molar-refractivity contribution in [2.45, 2.75) is 26.8 Å². The number of hydrogen-bond donors (Lipinski definition) is 1. The van der Waals surface area contributed by atoms with Crippen LogP contribution >= 0.6 is 0 Å². The molecule has 0 saturated heterocycles. The average Bonchev–Trinajstić information content (AvgIpc) is 3.32. The Morgan fingerprint density at radius 3 is 2.33 bits per heavy atom. The van der Waals surface area contributed by atoms with Crippen LogP contribution in [0.15, 0.2) is 60.8 Å². The zero-order valence-electron chi connectivity index (χ0n) is 18.4. The Labute approximate surface area is 189 Å². The summed E-state index contributed by atoms with van der Waals surface area (Å²) in [7, 11) is 0. The van der Waals surface area contributed by atoms with Crippen LogP contribution < -0.4 is 5.32 Å². The molecule has 164 valence electrons. The van der Waals surface area contributed by atoms with E-state index in [0.29, 0.717) is 16.8 Å². The Bertz CT molecular complexity index is 1420. The van der Waals surface area contributed by atoms with Crippen molar-refractivity contribution in [1.82, 2.24) is 19.5 Å². The molecular weight excluding hydrogens is 418 g/mol. The molecule has 1 N–H and O–H groups in total. The zero-order valence-corrected chi connectivity index (χ0v) is 18.4. The van der Waals surface area contributed by atoms with Crippen LogP contribution in [0.5, 0.6) is 0 Å². The van der Waals surface area contributed by atoms with E-state index in [9.17, 15) is 14.4 Å². The lowest BCUT2D eigenvalue weighted by Gasteiger charge is -2.20. The average molecular weight is 439 g/mol. The van der Waals surface area contributed by atoms with E-state index in [4.69, 9.17) is 0 Å². The van der Waals surface area contributed by atoms with Gasteiger partial charge in [0.25, 0.3) is 11.8 Å². The molecule has 0 unspecified atom stereocenters. The molecule has 1 atom stereocenters. The number of fused-ring (bicyclic) bond motifs is 2. The molecule has 0 bridgehead atoms. The fraction of sp³-hybridized carbons (Fsp3) is 0.160. The highest BCUT2D eigenvalue weighted by atomic mass is 16.2. The molecule has 0 fully saturated rings. The van der Waals surface area contributed by atoms with E-state index in [1.807, 2.05) is 32.2 Å². The number of aryl methyl sites for hydroxylation is 2. The van der Waals surface area contributed by atoms with Gasteiger partial charge >= 0.3 is 0 Å². The van der Waals surface area contributed by atoms with Gasteiger partial charge in [-0.3, -0.25) is 24.6 Å². The van der Waals surface area contributed by atoms with Gasteiger partial charge in [-0.1, -0.05) is 35.9 Å². The number of hydrogen-bond acceptors (Lipinski definition) is 5. The lowest BCUT2D eigenvalue weighted by atomic mass is 10.00. The van der Waals surface area contributed by atoms with E-state index in [2.05, 4.69) is 33.6 Å². The highest BCUT2D eigenvalue weighted by Crippen LogP contribution is 2.26. The molecule has 1 aliphatic heterocycles. The van der Waals surface area contributed by atoms with Crippen molar-refractivity contribution in [3.8, 4) is 11.1 Å². The minimum absolute atomic E-state index is 0.0987. The Hall–Kier alpha value is -4.33. The van der Waals surface area contributed by atoms with Crippen LogP contribution in [0.4, 0.5) is 5.95 Å². The summed E-state index contributed by atoms with van der Waals surface area (Å²) in [5.41, 5.74) is 5.53. The molecule has 2 aromatic carbocycles. The van der Waals surface area contributed by atoms with Gasteiger partial charge in [0.05, 0.1) is 11.1 Å². The van der Waals surface area contributed by atoms with Crippen LogP contribution in [0.1, 0.15) is 38.8 Å². The standard InChI is InChI=1S/C25H21N5O3/c1-14-8-9-15(2)20(12-14)17-10-11-21-26-25(28-29(21)13-17)27-22(31)16(3)30-23(32)18-6-4-5-7-19(18)24(30)33/h4-13,16H,1-3H3,(H,27,28,31)/t16-/m0/s1. The maximum atomic E-state index is 12.8. The minimum Gasteiger partial charge on any atom is -0.291 e. The first-order chi connectivity index (χ1) is 15.8. The maximum Gasteiger partial charge on any atom is 0.262 e. The number of imide groups is 1. The number of amides is 3. The number of nitrogens with one attached hydrogen (secondary N) is 1. The highest BCUT2D eigenvalue weighted by molar-refractivity contribution is 6.23. The van der Waals surface area contributed by atoms with Crippen LogP contribution in [0.2, 0.25) is 0 Å². The summed E-state index contributed by atoms with van der Waals surface area (Å²) in [6, 6.07) is 15.5. The first-order valence-electron chi connectivity index (χ1n) is 10.6. The van der Waals surface area contributed by atoms with Crippen LogP contribution in [0, 0.1) is 13.8 Å². The maximum absolute atomic E-state index is 12.8. The lowest BCUT2D eigenvalue weighted by molar-refractivity contribution is -0.119. The largest absolute Gasteiger partial charge is 0.291 e. The van der Waals surface area contributed by atoms with Crippen molar-refractivity contribution in [3.05, 3.63) is 83.0 Å². The Morgan fingerprint density at radius 2 is 1.64 bits per heavy atom. The SMILES string of the molecule is Cc1ccc(C)c(-c2ccc3nc(NC(=O)[C@H](C)N4C(=O)c5ccccc5C4=O)nn3c2)c1. The van der Waals surface area contributed by atoms with Gasteiger partial charge in [-0.25, -0.2) is 4.52 Å². The topological polar surface area (TPSA) is 96.7 Å². The van der Waals surface area contributed by atoms with Gasteiger partial charge in [-0.15, -0.1) is 5.10 Å². The Kier molecular flexibility index (Phi) is 4.78. The Morgan fingerprint density at radius 1 is 0.939 bits per heavy atom. The van der Waals surface area contributed by atoms with Crippen molar-refractivity contribution in [2.24, 2.45) is 0 Å². The van der Waals surface area contributed by atoms with Crippen molar-refractivity contribution in [1.29, 1.82) is 0 Å². The molecule has 2 aromatic heterocycles. The summed E-state index contributed by atoms with van der Waals surface area (Å²) in [5, 5.41) is 6.99. The molecule has 0 spiro atoms. The highest BCUT2D eigenvalue weighted by Gasteiger charge is 2.40. The molecule has 8 heteroatoms. The fourth-order valence-electron chi connectivity index (χ4n) is 4.03. The van der Waals surface area contributed by atoms with Gasteiger partial charge in [-0.05, 0) is 56.2 Å². The van der Waals surface area contributed by atoms with E-state index in [1.54, 1.807) is 28.8 Å². The van der Waals surface area contributed by atoms with Gasteiger partial charge in [0.1, 0.15) is 6.04 Å². The first-order valence-corrected chi connectivity index (χ1v) is 10.6. The van der Waals surface area contributed by atoms with Gasteiger partial charge in [0.15, 0.2) is 5.65 Å². The number of nitrogens with zero attached hydrogens (tertiary/aromatic N) is 4. The smallest absolute Gasteiger partial charge is 0.262 e. The molecule has 0 radical (unpaired) electrons. The van der Waals surface area contributed by atoms with Gasteiger partial charge in [0.2, 0.25) is 11.9 Å². The molecule has 0 aliphatic carbocycles. The van der Waals surface area contributed by atoms with Crippen molar-refractivity contribution < 1.29 is 14.4 Å². The third-order valence-electron chi connectivity index (χ3n) is 5.86. The van der Waals surface area contributed by atoms with Gasteiger partial charge in [-0.2, -0.15) is 4.98 Å². The number of anilines is 1. The monoisotopic (exact) mass is 439 g/mol. The second-order valence-electron chi connectivity index (χ2n) is 8.17. The molecular formula is C25H21N5O3. The second-order valence-corrected chi connectivity index (χ2v) is 8.17. The predicted molar refractivity (Wildman–Crippen MR) is 123 cm³/mol. The third kappa shape index (κ3) is 3.45. The first kappa shape index (κ1) is 20.6. The van der Waals surface area contributed by atoms with E-state index < -0.39 is 23.8 Å². The van der Waals surface area contributed by atoms with E-state index in [1.165, 1.54) is 6.92 Å². The van der Waals surface area contributed by atoms with E-state index >= 15 is 0 Å². The van der Waals surface area contributed by atoms with Crippen LogP contribution in [0.25, 0.3) is 16.8 Å². The number of carbonyl (C=O) groups excluding carboxylic acids is 3. The molecule has 8 nitrogen and oxygen atoms in total. The van der Waals surface area contributed by atoms with E-state index in [-0.39, 0.29) is 5.95 Å². The summed E-state index contributed by atoms with van der Waals surface area (Å²) in [5.74, 6) is -1.42. The van der Waals surface area contributed by atoms with Crippen molar-refractivity contribution in [3.63, 3.8) is 0 Å². The summed E-state index contributed by atoms with van der Waals surface area (Å²) in [6.45, 7) is 5.60. The number of aromatic nitrogens is 3. The van der Waals surface area contributed by atoms with Crippen LogP contribution in [-0.2, 0) is 4.79 Å². The molecule has 3 amide bonds. The fourth-order valence-corrected chi connectivity index (χ4v) is 4.03. The summed E-state index contributed by atoms with van der Waals surface area (Å²) in [6.07, 6.45) is 1.85. The summed E-state index contributed by atoms with van der Waals surface area (Å²) in [4.78, 5) is 43.5. The molecule has 5 rings (SSSR count). The van der Waals surface area contributed by atoms with E-state index in [0.717, 1.165) is 27.2 Å². The normalized spacial score (nSPS) is 14.0. The minimum atomic E-state index is -1.02. The second kappa shape index (κ2) is 7.67. The van der Waals surface area contributed by atoms with Crippen LogP contribution in [-0.4, -0.2) is 43.3 Å². The zero-order chi connectivity index (χ0) is 23.3. The Balaban J connectivity index is 1.38. The van der Waals surface area contributed by atoms with Gasteiger partial charge < -0.3 is 0 Å². The van der Waals surface area contributed by atoms with Crippen molar-refractivity contribution >= 4 is 29.3 Å². The third-order valence-corrected chi connectivity index (χ3v) is 5.86. The molecule has 3 heterocycles. The number of rotatable bonds is 4. The molecule has 33 heavy (non-hydrogen) atoms. The molecule has 1 aliphatic rings. The number of benzene rings is 2. The van der Waals surface area contributed by atoms with Gasteiger partial charge in [0, 0.05) is 11.8 Å². The quantitative estimate of drug-likeness (QED) is 0.490. The van der Waals surface area contributed by atoms with Crippen molar-refractivity contribution in [2.75, 3.05) is 5.32 Å². The predicted octanol–water partition coefficient (Wildman–Crippen LogP) is 3.64. The number of pyridine rings is 1. The molecule has 4 aromatic rings. The summed E-state index contributed by atoms with van der Waals surface area (Å²) < 4.78 is 1.60.